The smallest absolute Gasteiger partial charge is 0.108 e. The maximum Gasteiger partial charge on any atom is 0.108 e. The van der Waals surface area contributed by atoms with Gasteiger partial charge < -0.3 is 9.84 Å². The summed E-state index contributed by atoms with van der Waals surface area (Å²) < 4.78 is 5.16. The highest BCUT2D eigenvalue weighted by atomic mass is 16.5. The van der Waals surface area contributed by atoms with Gasteiger partial charge in [-0.05, 0) is 12.2 Å². The number of hydrogen-bond donors (Lipinski definition) is 1. The Morgan fingerprint density at radius 2 is 2.50 bits per heavy atom. The molecule has 0 aliphatic carbocycles. The third-order valence-corrected chi connectivity index (χ3v) is 1.49. The van der Waals surface area contributed by atoms with Gasteiger partial charge in [0, 0.05) is 6.61 Å². The summed E-state index contributed by atoms with van der Waals surface area (Å²) in [4.78, 5) is 0. The molecule has 0 radical (unpaired) electrons. The quantitative estimate of drug-likeness (QED) is 0.451. The average molecular weight is 114 g/mol. The highest BCUT2D eigenvalue weighted by Crippen LogP contribution is 2.20. The van der Waals surface area contributed by atoms with Gasteiger partial charge in [0.25, 0.3) is 0 Å². The summed E-state index contributed by atoms with van der Waals surface area (Å²) >= 11 is 0. The fourth-order valence-electron chi connectivity index (χ4n) is 1.01. The summed E-state index contributed by atoms with van der Waals surface area (Å²) in [7, 11) is 2.13. The van der Waals surface area contributed by atoms with E-state index in [9.17, 15) is 0 Å². The lowest BCUT2D eigenvalue weighted by atomic mass is 9.86. The van der Waals surface area contributed by atoms with E-state index in [0.29, 0.717) is 5.82 Å². The second-order valence-corrected chi connectivity index (χ2v) is 2.48. The second-order valence-electron chi connectivity index (χ2n) is 2.48. The number of aliphatic hydroxyl groups is 1. The van der Waals surface area contributed by atoms with Gasteiger partial charge in [-0.1, -0.05) is 0 Å². The highest BCUT2D eigenvalue weighted by molar-refractivity contribution is 6.11. The van der Waals surface area contributed by atoms with Crippen LogP contribution in [0.2, 0.25) is 5.82 Å². The van der Waals surface area contributed by atoms with Gasteiger partial charge in [0.1, 0.15) is 7.85 Å². The van der Waals surface area contributed by atoms with E-state index in [1.807, 2.05) is 0 Å². The van der Waals surface area contributed by atoms with Crippen LogP contribution in [0.3, 0.4) is 0 Å². The van der Waals surface area contributed by atoms with E-state index >= 15 is 0 Å². The minimum atomic E-state index is 0.130. The third kappa shape index (κ3) is 1.23. The zero-order valence-corrected chi connectivity index (χ0v) is 5.13. The molecule has 1 heterocycles. The number of ether oxygens (including phenoxy) is 1. The van der Waals surface area contributed by atoms with Gasteiger partial charge in [0.2, 0.25) is 0 Å². The molecule has 1 saturated heterocycles. The second kappa shape index (κ2) is 2.51. The molecule has 0 aromatic carbocycles. The Hall–Kier alpha value is -0.0151. The summed E-state index contributed by atoms with van der Waals surface area (Å²) in [6.45, 7) is 1.01. The Bertz CT molecular complexity index is 76.8. The first-order chi connectivity index (χ1) is 3.83. The van der Waals surface area contributed by atoms with Crippen LogP contribution in [0.4, 0.5) is 0 Å². The molecule has 2 atom stereocenters. The topological polar surface area (TPSA) is 29.5 Å². The van der Waals surface area contributed by atoms with Crippen molar-refractivity contribution >= 4 is 7.85 Å². The normalized spacial score (nSPS) is 38.1. The lowest BCUT2D eigenvalue weighted by Crippen LogP contribution is -2.09. The zero-order valence-electron chi connectivity index (χ0n) is 5.13. The Kier molecular flexibility index (Phi) is 1.92. The summed E-state index contributed by atoms with van der Waals surface area (Å²) in [6, 6.07) is 0. The standard InChI is InChI=1S/C5H11BO2/c6-4-1-5(2-7)8-3-4/h4-5,7H,1-3,6H2/t4-,5+/m1/s1. The summed E-state index contributed by atoms with van der Waals surface area (Å²) in [5, 5.41) is 8.56. The van der Waals surface area contributed by atoms with Crippen LogP contribution >= 0.6 is 0 Å². The van der Waals surface area contributed by atoms with Crippen molar-refractivity contribution in [3.63, 3.8) is 0 Å². The van der Waals surface area contributed by atoms with Crippen LogP contribution in [0.5, 0.6) is 0 Å². The first-order valence-electron chi connectivity index (χ1n) is 3.05. The predicted molar refractivity (Wildman–Crippen MR) is 33.7 cm³/mol. The fraction of sp³-hybridized carbons (Fsp3) is 1.00. The molecule has 0 spiro atoms. The number of aliphatic hydroxyl groups excluding tert-OH is 1. The summed E-state index contributed by atoms with van der Waals surface area (Å²) in [5.74, 6) is 0.646. The molecule has 0 saturated carbocycles. The van der Waals surface area contributed by atoms with Crippen molar-refractivity contribution in [1.29, 1.82) is 0 Å². The molecule has 1 aliphatic heterocycles. The maximum atomic E-state index is 8.56. The molecule has 0 unspecified atom stereocenters. The molecule has 46 valence electrons. The molecule has 1 aliphatic rings. The molecule has 1 N–H and O–H groups in total. The van der Waals surface area contributed by atoms with Gasteiger partial charge in [0.15, 0.2) is 0 Å². The molecular formula is C5H11BO2. The van der Waals surface area contributed by atoms with E-state index in [1.165, 1.54) is 0 Å². The van der Waals surface area contributed by atoms with Crippen molar-refractivity contribution in [2.75, 3.05) is 13.2 Å². The molecule has 0 aromatic heterocycles. The van der Waals surface area contributed by atoms with Gasteiger partial charge in [-0.3, -0.25) is 0 Å². The first kappa shape index (κ1) is 6.11. The molecule has 8 heavy (non-hydrogen) atoms. The Labute approximate surface area is 50.3 Å². The molecule has 1 rings (SSSR count). The van der Waals surface area contributed by atoms with Crippen LogP contribution in [0, 0.1) is 0 Å². The minimum absolute atomic E-state index is 0.130. The van der Waals surface area contributed by atoms with E-state index in [2.05, 4.69) is 7.85 Å². The van der Waals surface area contributed by atoms with Crippen molar-refractivity contribution in [2.24, 2.45) is 0 Å². The third-order valence-electron chi connectivity index (χ3n) is 1.49. The molecular weight excluding hydrogens is 103 g/mol. The lowest BCUT2D eigenvalue weighted by Gasteiger charge is -2.01. The molecule has 0 aromatic rings. The monoisotopic (exact) mass is 114 g/mol. The summed E-state index contributed by atoms with van der Waals surface area (Å²) in [5.41, 5.74) is 0. The van der Waals surface area contributed by atoms with E-state index in [0.717, 1.165) is 13.0 Å². The Morgan fingerprint density at radius 3 is 2.75 bits per heavy atom. The van der Waals surface area contributed by atoms with Gasteiger partial charge in [-0.15, -0.1) is 0 Å². The van der Waals surface area contributed by atoms with Crippen LogP contribution in [0.1, 0.15) is 6.42 Å². The SMILES string of the molecule is B[C@H]1CO[C@H](CO)C1. The predicted octanol–water partition coefficient (Wildman–Crippen LogP) is -0.811. The van der Waals surface area contributed by atoms with Crippen LogP contribution in [-0.2, 0) is 4.74 Å². The summed E-state index contributed by atoms with van der Waals surface area (Å²) in [6.07, 6.45) is 1.15. The van der Waals surface area contributed by atoms with E-state index in [-0.39, 0.29) is 12.7 Å². The van der Waals surface area contributed by atoms with Gasteiger partial charge >= 0.3 is 0 Å². The lowest BCUT2D eigenvalue weighted by molar-refractivity contribution is 0.0591. The van der Waals surface area contributed by atoms with Gasteiger partial charge in [-0.25, -0.2) is 0 Å². The Morgan fingerprint density at radius 1 is 1.75 bits per heavy atom. The van der Waals surface area contributed by atoms with Crippen molar-refractivity contribution in [3.8, 4) is 0 Å². The number of rotatable bonds is 1. The minimum Gasteiger partial charge on any atom is -0.394 e. The van der Waals surface area contributed by atoms with E-state index < -0.39 is 0 Å². The van der Waals surface area contributed by atoms with Crippen LogP contribution in [-0.4, -0.2) is 32.3 Å². The first-order valence-corrected chi connectivity index (χ1v) is 3.05. The number of hydrogen-bond acceptors (Lipinski definition) is 2. The van der Waals surface area contributed by atoms with Crippen LogP contribution < -0.4 is 0 Å². The van der Waals surface area contributed by atoms with Crippen molar-refractivity contribution in [2.45, 2.75) is 18.3 Å². The van der Waals surface area contributed by atoms with Crippen LogP contribution in [0.25, 0.3) is 0 Å². The van der Waals surface area contributed by atoms with Crippen molar-refractivity contribution in [3.05, 3.63) is 0 Å². The largest absolute Gasteiger partial charge is 0.394 e. The zero-order chi connectivity index (χ0) is 5.98. The molecule has 0 amide bonds. The van der Waals surface area contributed by atoms with Gasteiger partial charge in [0.05, 0.1) is 12.7 Å². The highest BCUT2D eigenvalue weighted by Gasteiger charge is 2.20. The maximum absolute atomic E-state index is 8.56. The van der Waals surface area contributed by atoms with Crippen LogP contribution in [0.15, 0.2) is 0 Å². The molecule has 2 nitrogen and oxygen atoms in total. The molecule has 0 bridgehead atoms. The fourth-order valence-corrected chi connectivity index (χ4v) is 1.01. The Balaban J connectivity index is 2.22. The van der Waals surface area contributed by atoms with E-state index in [1.54, 1.807) is 0 Å². The molecule has 3 heteroatoms. The van der Waals surface area contributed by atoms with Crippen molar-refractivity contribution in [1.82, 2.24) is 0 Å². The average Bonchev–Trinajstić information content (AvgIpc) is 2.14. The van der Waals surface area contributed by atoms with E-state index in [4.69, 9.17) is 9.84 Å². The van der Waals surface area contributed by atoms with Crippen molar-refractivity contribution < 1.29 is 9.84 Å². The molecule has 1 fully saturated rings. The van der Waals surface area contributed by atoms with Gasteiger partial charge in [-0.2, -0.15) is 0 Å².